The maximum atomic E-state index is 11.7. The van der Waals surface area contributed by atoms with Crippen LogP contribution in [-0.2, 0) is 9.47 Å². The van der Waals surface area contributed by atoms with Crippen molar-refractivity contribution in [2.45, 2.75) is 0 Å². The number of carbonyl (C=O) groups is 2. The van der Waals surface area contributed by atoms with E-state index in [2.05, 4.69) is 0 Å². The predicted octanol–water partition coefficient (Wildman–Crippen LogP) is 4.54. The molecule has 0 atom stereocenters. The Kier molecular flexibility index (Phi) is 5.22. The van der Waals surface area contributed by atoms with Crippen LogP contribution in [0.4, 0.5) is 0 Å². The molecule has 0 aliphatic heterocycles. The lowest BCUT2D eigenvalue weighted by Gasteiger charge is -2.11. The summed E-state index contributed by atoms with van der Waals surface area (Å²) in [5, 5.41) is 0. The van der Waals surface area contributed by atoms with Gasteiger partial charge in [-0.3, -0.25) is 0 Å². The number of methoxy groups -OCH3 is 2. The van der Waals surface area contributed by atoms with Crippen LogP contribution in [0.3, 0.4) is 0 Å². The molecular weight excluding hydrogens is 380 g/mol. The summed E-state index contributed by atoms with van der Waals surface area (Å²) in [6, 6.07) is 21.7. The number of aromatic nitrogens is 2. The number of nitrogens with zero attached hydrogens (tertiary/aromatic N) is 2. The molecule has 6 heteroatoms. The maximum Gasteiger partial charge on any atom is 0.337 e. The molecule has 0 spiro atoms. The average molecular weight is 398 g/mol. The summed E-state index contributed by atoms with van der Waals surface area (Å²) in [5.41, 5.74) is 5.42. The van der Waals surface area contributed by atoms with Crippen LogP contribution in [0.5, 0.6) is 0 Å². The average Bonchev–Trinajstić information content (AvgIpc) is 2.82. The molecule has 4 rings (SSSR count). The van der Waals surface area contributed by atoms with E-state index in [9.17, 15) is 9.59 Å². The van der Waals surface area contributed by atoms with Gasteiger partial charge in [-0.25, -0.2) is 19.6 Å². The summed E-state index contributed by atoms with van der Waals surface area (Å²) < 4.78 is 9.54. The first-order valence-electron chi connectivity index (χ1n) is 9.25. The number of hydrogen-bond acceptors (Lipinski definition) is 6. The van der Waals surface area contributed by atoms with Gasteiger partial charge in [-0.1, -0.05) is 36.4 Å². The van der Waals surface area contributed by atoms with E-state index in [4.69, 9.17) is 19.4 Å². The fourth-order valence-electron chi connectivity index (χ4n) is 3.17. The van der Waals surface area contributed by atoms with Gasteiger partial charge in [0.1, 0.15) is 0 Å². The molecule has 0 saturated heterocycles. The second-order valence-electron chi connectivity index (χ2n) is 6.55. The van der Waals surface area contributed by atoms with Gasteiger partial charge in [-0.15, -0.1) is 0 Å². The highest BCUT2D eigenvalue weighted by molar-refractivity contribution is 5.92. The number of hydrogen-bond donors (Lipinski definition) is 0. The van der Waals surface area contributed by atoms with Gasteiger partial charge < -0.3 is 9.47 Å². The lowest BCUT2D eigenvalue weighted by Crippen LogP contribution is -2.02. The molecule has 0 saturated carbocycles. The molecule has 0 radical (unpaired) electrons. The van der Waals surface area contributed by atoms with Crippen LogP contribution in [0, 0.1) is 0 Å². The van der Waals surface area contributed by atoms with Crippen molar-refractivity contribution in [1.29, 1.82) is 0 Å². The van der Waals surface area contributed by atoms with Gasteiger partial charge in [-0.2, -0.15) is 0 Å². The van der Waals surface area contributed by atoms with Crippen LogP contribution < -0.4 is 0 Å². The number of carbonyl (C=O) groups excluding carboxylic acids is 2. The molecule has 0 aliphatic carbocycles. The minimum Gasteiger partial charge on any atom is -0.465 e. The fraction of sp³-hybridized carbons (Fsp3) is 0.0833. The summed E-state index contributed by atoms with van der Waals surface area (Å²) in [6.07, 6.45) is 0. The van der Waals surface area contributed by atoms with Crippen LogP contribution in [0.2, 0.25) is 0 Å². The Hall–Kier alpha value is -4.06. The lowest BCUT2D eigenvalue weighted by molar-refractivity contribution is 0.0592. The van der Waals surface area contributed by atoms with Gasteiger partial charge in [0.2, 0.25) is 0 Å². The zero-order valence-corrected chi connectivity index (χ0v) is 16.5. The zero-order valence-electron chi connectivity index (χ0n) is 16.5. The third kappa shape index (κ3) is 3.63. The van der Waals surface area contributed by atoms with Gasteiger partial charge in [0, 0.05) is 11.1 Å². The Balaban J connectivity index is 1.86. The van der Waals surface area contributed by atoms with Gasteiger partial charge in [0.25, 0.3) is 0 Å². The Labute approximate surface area is 173 Å². The molecule has 6 nitrogen and oxygen atoms in total. The standard InChI is InChI=1S/C24H18N2O4/c1-29-23(27)17-11-7-15(8-12-17)21-22(26-20-6-4-3-5-19(20)25-21)16-9-13-18(14-10-16)24(28)30-2/h3-14H,1-2H3. The first kappa shape index (κ1) is 19.3. The minimum atomic E-state index is -0.398. The molecule has 1 aromatic heterocycles. The second kappa shape index (κ2) is 8.13. The van der Waals surface area contributed by atoms with Gasteiger partial charge in [-0.05, 0) is 36.4 Å². The third-order valence-electron chi connectivity index (χ3n) is 4.73. The largest absolute Gasteiger partial charge is 0.465 e. The summed E-state index contributed by atoms with van der Waals surface area (Å²) in [6.45, 7) is 0. The Morgan fingerprint density at radius 2 is 0.967 bits per heavy atom. The summed E-state index contributed by atoms with van der Waals surface area (Å²) >= 11 is 0. The van der Waals surface area contributed by atoms with Crippen molar-refractivity contribution < 1.29 is 19.1 Å². The number of ether oxygens (including phenoxy) is 2. The van der Waals surface area contributed by atoms with Gasteiger partial charge in [0.05, 0.1) is 47.8 Å². The molecule has 30 heavy (non-hydrogen) atoms. The second-order valence-corrected chi connectivity index (χ2v) is 6.55. The number of fused-ring (bicyclic) bond motifs is 1. The summed E-state index contributed by atoms with van der Waals surface area (Å²) in [7, 11) is 2.70. The smallest absolute Gasteiger partial charge is 0.337 e. The van der Waals surface area contributed by atoms with E-state index in [1.54, 1.807) is 24.3 Å². The Bertz CT molecular complexity index is 1130. The molecule has 0 aliphatic rings. The highest BCUT2D eigenvalue weighted by Gasteiger charge is 2.15. The summed E-state index contributed by atoms with van der Waals surface area (Å²) in [5.74, 6) is -0.797. The Morgan fingerprint density at radius 1 is 0.600 bits per heavy atom. The molecule has 148 valence electrons. The van der Waals surface area contributed by atoms with Crippen LogP contribution in [0.15, 0.2) is 72.8 Å². The van der Waals surface area contributed by atoms with E-state index in [0.29, 0.717) is 22.5 Å². The zero-order chi connectivity index (χ0) is 21.1. The van der Waals surface area contributed by atoms with Gasteiger partial charge >= 0.3 is 11.9 Å². The normalized spacial score (nSPS) is 10.6. The molecule has 4 aromatic rings. The number of rotatable bonds is 4. The van der Waals surface area contributed by atoms with Crippen molar-refractivity contribution in [1.82, 2.24) is 9.97 Å². The highest BCUT2D eigenvalue weighted by Crippen LogP contribution is 2.31. The molecular formula is C24H18N2O4. The van der Waals surface area contributed by atoms with E-state index in [1.807, 2.05) is 48.5 Å². The predicted molar refractivity (Wildman–Crippen MR) is 113 cm³/mol. The van der Waals surface area contributed by atoms with E-state index in [-0.39, 0.29) is 0 Å². The molecule has 0 fully saturated rings. The Morgan fingerprint density at radius 3 is 1.30 bits per heavy atom. The van der Waals surface area contributed by atoms with Crippen LogP contribution in [0.1, 0.15) is 20.7 Å². The SMILES string of the molecule is COC(=O)c1ccc(-c2nc3ccccc3nc2-c2ccc(C(=O)OC)cc2)cc1. The molecule has 0 amide bonds. The van der Waals surface area contributed by atoms with Crippen molar-refractivity contribution in [3.8, 4) is 22.5 Å². The summed E-state index contributed by atoms with van der Waals surface area (Å²) in [4.78, 5) is 33.1. The number of para-hydroxylation sites is 2. The van der Waals surface area contributed by atoms with Crippen molar-refractivity contribution in [3.63, 3.8) is 0 Å². The molecule has 0 bridgehead atoms. The van der Waals surface area contributed by atoms with E-state index in [0.717, 1.165) is 22.2 Å². The van der Waals surface area contributed by atoms with E-state index in [1.165, 1.54) is 14.2 Å². The van der Waals surface area contributed by atoms with Crippen molar-refractivity contribution in [3.05, 3.63) is 83.9 Å². The van der Waals surface area contributed by atoms with Crippen LogP contribution in [-0.4, -0.2) is 36.1 Å². The van der Waals surface area contributed by atoms with Crippen molar-refractivity contribution >= 4 is 23.0 Å². The van der Waals surface area contributed by atoms with Crippen molar-refractivity contribution in [2.24, 2.45) is 0 Å². The third-order valence-corrected chi connectivity index (χ3v) is 4.73. The van der Waals surface area contributed by atoms with E-state index < -0.39 is 11.9 Å². The lowest BCUT2D eigenvalue weighted by atomic mass is 10.0. The topological polar surface area (TPSA) is 78.4 Å². The fourth-order valence-corrected chi connectivity index (χ4v) is 3.17. The monoisotopic (exact) mass is 398 g/mol. The molecule has 1 heterocycles. The molecule has 0 unspecified atom stereocenters. The molecule has 3 aromatic carbocycles. The number of esters is 2. The minimum absolute atomic E-state index is 0.398. The first-order chi connectivity index (χ1) is 14.6. The quantitative estimate of drug-likeness (QED) is 0.470. The highest BCUT2D eigenvalue weighted by atomic mass is 16.5. The number of benzene rings is 3. The van der Waals surface area contributed by atoms with Crippen LogP contribution >= 0.6 is 0 Å². The maximum absolute atomic E-state index is 11.7. The van der Waals surface area contributed by atoms with E-state index >= 15 is 0 Å². The van der Waals surface area contributed by atoms with Gasteiger partial charge in [0.15, 0.2) is 0 Å². The van der Waals surface area contributed by atoms with Crippen molar-refractivity contribution in [2.75, 3.05) is 14.2 Å². The van der Waals surface area contributed by atoms with Crippen LogP contribution in [0.25, 0.3) is 33.5 Å². The molecule has 0 N–H and O–H groups in total. The first-order valence-corrected chi connectivity index (χ1v) is 9.25.